The number of carbonyl (C=O) groups is 1. The van der Waals surface area contributed by atoms with Gasteiger partial charge in [0.1, 0.15) is 11.6 Å². The molecule has 0 radical (unpaired) electrons. The second-order valence-electron chi connectivity index (χ2n) is 10.1. The van der Waals surface area contributed by atoms with E-state index in [1.54, 1.807) is 12.1 Å². The Morgan fingerprint density at radius 1 is 0.854 bits per heavy atom. The fraction of sp³-hybridized carbons (Fsp3) is 0.394. The maximum atomic E-state index is 12.7. The van der Waals surface area contributed by atoms with Gasteiger partial charge in [-0.3, -0.25) is 4.79 Å². The van der Waals surface area contributed by atoms with Gasteiger partial charge in [-0.05, 0) is 74.6 Å². The number of para-hydroxylation sites is 2. The minimum Gasteiger partial charge on any atom is -0.493 e. The number of aryl methyl sites for hydroxylation is 4. The molecule has 41 heavy (non-hydrogen) atoms. The molecule has 0 atom stereocenters. The lowest BCUT2D eigenvalue weighted by Gasteiger charge is -2.14. The maximum Gasteiger partial charge on any atom is 0.251 e. The Hall–Kier alpha value is -4.20. The molecule has 8 nitrogen and oxygen atoms in total. The zero-order valence-corrected chi connectivity index (χ0v) is 24.8. The average molecular weight is 560 g/mol. The topological polar surface area (TPSA) is 83.8 Å². The first kappa shape index (κ1) is 29.8. The van der Waals surface area contributed by atoms with Crippen molar-refractivity contribution in [3.8, 4) is 23.0 Å². The Balaban J connectivity index is 1.27. The van der Waals surface area contributed by atoms with Crippen LogP contribution in [0.15, 0.2) is 54.6 Å². The monoisotopic (exact) mass is 559 g/mol. The van der Waals surface area contributed by atoms with Crippen molar-refractivity contribution in [3.05, 3.63) is 77.1 Å². The Labute approximate surface area is 242 Å². The van der Waals surface area contributed by atoms with Crippen LogP contribution in [0.1, 0.15) is 53.0 Å². The van der Waals surface area contributed by atoms with Gasteiger partial charge in [-0.2, -0.15) is 0 Å². The van der Waals surface area contributed by atoms with Gasteiger partial charge in [-0.25, -0.2) is 4.98 Å². The highest BCUT2D eigenvalue weighted by Crippen LogP contribution is 2.38. The number of benzene rings is 3. The molecule has 4 rings (SSSR count). The molecular formula is C33H41N3O5. The molecule has 0 fully saturated rings. The second kappa shape index (κ2) is 14.4. The molecule has 8 heteroatoms. The number of imidazole rings is 1. The van der Waals surface area contributed by atoms with Crippen LogP contribution in [0.5, 0.6) is 23.0 Å². The van der Waals surface area contributed by atoms with Crippen molar-refractivity contribution in [1.29, 1.82) is 0 Å². The van der Waals surface area contributed by atoms with E-state index in [2.05, 4.69) is 60.1 Å². The van der Waals surface area contributed by atoms with Crippen molar-refractivity contribution < 1.29 is 23.7 Å². The SMILES string of the molecule is COc1cc(C(=O)NCCCCCc2nc3ccccc3n2CCCOc2cc(C)ccc2C)cc(OC)c1OC. The van der Waals surface area contributed by atoms with Gasteiger partial charge >= 0.3 is 0 Å². The molecule has 1 amide bonds. The zero-order chi connectivity index (χ0) is 29.2. The van der Waals surface area contributed by atoms with Crippen LogP contribution >= 0.6 is 0 Å². The van der Waals surface area contributed by atoms with Gasteiger partial charge in [0.05, 0.1) is 39.0 Å². The molecule has 1 aromatic heterocycles. The van der Waals surface area contributed by atoms with Crippen LogP contribution in [0.2, 0.25) is 0 Å². The minimum absolute atomic E-state index is 0.172. The van der Waals surface area contributed by atoms with Crippen molar-refractivity contribution in [1.82, 2.24) is 14.9 Å². The van der Waals surface area contributed by atoms with Crippen LogP contribution < -0.4 is 24.3 Å². The van der Waals surface area contributed by atoms with E-state index in [0.717, 1.165) is 66.8 Å². The number of nitrogens with one attached hydrogen (secondary N) is 1. The standard InChI is InChI=1S/C33H41N3O5/c1-23-15-16-24(2)28(20-23)41-19-11-18-36-27-13-9-8-12-26(27)35-31(36)14-7-6-10-17-34-33(37)25-21-29(38-3)32(40-5)30(22-25)39-4/h8-9,12-13,15-16,20-22H,6-7,10-11,14,17-19H2,1-5H3,(H,34,37). The zero-order valence-electron chi connectivity index (χ0n) is 24.8. The fourth-order valence-corrected chi connectivity index (χ4v) is 4.93. The lowest BCUT2D eigenvalue weighted by Crippen LogP contribution is -2.24. The number of ether oxygens (including phenoxy) is 4. The molecule has 0 bridgehead atoms. The van der Waals surface area contributed by atoms with Crippen LogP contribution in [-0.2, 0) is 13.0 Å². The Bertz CT molecular complexity index is 1440. The third-order valence-electron chi connectivity index (χ3n) is 7.15. The van der Waals surface area contributed by atoms with Gasteiger partial charge in [0, 0.05) is 25.1 Å². The normalized spacial score (nSPS) is 11.0. The number of hydrogen-bond acceptors (Lipinski definition) is 6. The molecule has 3 aromatic carbocycles. The van der Waals surface area contributed by atoms with E-state index in [1.165, 1.54) is 26.9 Å². The first-order valence-electron chi connectivity index (χ1n) is 14.2. The van der Waals surface area contributed by atoms with E-state index in [4.69, 9.17) is 23.9 Å². The third-order valence-corrected chi connectivity index (χ3v) is 7.15. The Morgan fingerprint density at radius 3 is 2.34 bits per heavy atom. The fourth-order valence-electron chi connectivity index (χ4n) is 4.93. The number of nitrogens with zero attached hydrogens (tertiary/aromatic N) is 2. The highest BCUT2D eigenvalue weighted by Gasteiger charge is 2.17. The van der Waals surface area contributed by atoms with Crippen LogP contribution in [0.3, 0.4) is 0 Å². The molecule has 0 aliphatic rings. The van der Waals surface area contributed by atoms with Gasteiger partial charge in [0.2, 0.25) is 5.75 Å². The molecule has 0 aliphatic heterocycles. The first-order valence-corrected chi connectivity index (χ1v) is 14.2. The number of methoxy groups -OCH3 is 3. The number of unbranched alkanes of at least 4 members (excludes halogenated alkanes) is 2. The number of rotatable bonds is 15. The van der Waals surface area contributed by atoms with Crippen molar-refractivity contribution in [2.24, 2.45) is 0 Å². The second-order valence-corrected chi connectivity index (χ2v) is 10.1. The molecule has 0 unspecified atom stereocenters. The predicted molar refractivity (Wildman–Crippen MR) is 162 cm³/mol. The first-order chi connectivity index (χ1) is 19.9. The van der Waals surface area contributed by atoms with Crippen LogP contribution in [0.25, 0.3) is 11.0 Å². The Morgan fingerprint density at radius 2 is 1.61 bits per heavy atom. The highest BCUT2D eigenvalue weighted by atomic mass is 16.5. The summed E-state index contributed by atoms with van der Waals surface area (Å²) in [5, 5.41) is 3.00. The molecule has 0 aliphatic carbocycles. The molecule has 4 aromatic rings. The number of amides is 1. The summed E-state index contributed by atoms with van der Waals surface area (Å²) in [7, 11) is 4.61. The summed E-state index contributed by atoms with van der Waals surface area (Å²) in [5.74, 6) is 3.26. The third kappa shape index (κ3) is 7.51. The lowest BCUT2D eigenvalue weighted by molar-refractivity contribution is 0.0952. The number of fused-ring (bicyclic) bond motifs is 1. The summed E-state index contributed by atoms with van der Waals surface area (Å²) >= 11 is 0. The summed E-state index contributed by atoms with van der Waals surface area (Å²) in [6.45, 7) is 6.25. The van der Waals surface area contributed by atoms with Crippen LogP contribution in [0, 0.1) is 13.8 Å². The van der Waals surface area contributed by atoms with Crippen LogP contribution in [-0.4, -0.2) is 49.9 Å². The molecular weight excluding hydrogens is 518 g/mol. The molecule has 0 saturated heterocycles. The van der Waals surface area contributed by atoms with Crippen molar-refractivity contribution in [3.63, 3.8) is 0 Å². The van der Waals surface area contributed by atoms with E-state index in [9.17, 15) is 4.79 Å². The van der Waals surface area contributed by atoms with E-state index >= 15 is 0 Å². The van der Waals surface area contributed by atoms with Crippen molar-refractivity contribution in [2.45, 2.75) is 52.5 Å². The summed E-state index contributed by atoms with van der Waals surface area (Å²) < 4.78 is 24.5. The minimum atomic E-state index is -0.172. The van der Waals surface area contributed by atoms with E-state index < -0.39 is 0 Å². The van der Waals surface area contributed by atoms with Crippen molar-refractivity contribution >= 4 is 16.9 Å². The van der Waals surface area contributed by atoms with Gasteiger partial charge in [0.15, 0.2) is 11.5 Å². The summed E-state index contributed by atoms with van der Waals surface area (Å²) in [6, 6.07) is 17.9. The quantitative estimate of drug-likeness (QED) is 0.172. The van der Waals surface area contributed by atoms with E-state index in [0.29, 0.717) is 36.0 Å². The molecule has 218 valence electrons. The Kier molecular flexibility index (Phi) is 10.5. The van der Waals surface area contributed by atoms with Gasteiger partial charge in [0.25, 0.3) is 5.91 Å². The molecule has 1 N–H and O–H groups in total. The maximum absolute atomic E-state index is 12.7. The number of aromatic nitrogens is 2. The molecule has 1 heterocycles. The summed E-state index contributed by atoms with van der Waals surface area (Å²) in [4.78, 5) is 17.7. The predicted octanol–water partition coefficient (Wildman–Crippen LogP) is 6.29. The number of hydrogen-bond donors (Lipinski definition) is 1. The van der Waals surface area contributed by atoms with E-state index in [-0.39, 0.29) is 5.91 Å². The summed E-state index contributed by atoms with van der Waals surface area (Å²) in [5.41, 5.74) is 5.01. The highest BCUT2D eigenvalue weighted by molar-refractivity contribution is 5.95. The lowest BCUT2D eigenvalue weighted by atomic mass is 10.1. The molecule has 0 spiro atoms. The van der Waals surface area contributed by atoms with Gasteiger partial charge < -0.3 is 28.8 Å². The largest absolute Gasteiger partial charge is 0.493 e. The van der Waals surface area contributed by atoms with E-state index in [1.807, 2.05) is 6.07 Å². The van der Waals surface area contributed by atoms with Crippen LogP contribution in [0.4, 0.5) is 0 Å². The molecule has 0 saturated carbocycles. The summed E-state index contributed by atoms with van der Waals surface area (Å²) in [6.07, 6.45) is 4.62. The van der Waals surface area contributed by atoms with Crippen molar-refractivity contribution in [2.75, 3.05) is 34.5 Å². The van der Waals surface area contributed by atoms with Gasteiger partial charge in [-0.15, -0.1) is 0 Å². The smallest absolute Gasteiger partial charge is 0.251 e. The average Bonchev–Trinajstić information content (AvgIpc) is 3.34. The number of carbonyl (C=O) groups excluding carboxylic acids is 1. The van der Waals surface area contributed by atoms with Gasteiger partial charge in [-0.1, -0.05) is 30.7 Å².